The van der Waals surface area contributed by atoms with Gasteiger partial charge in [0.1, 0.15) is 0 Å². The van der Waals surface area contributed by atoms with Gasteiger partial charge in [0.15, 0.2) is 0 Å². The molecule has 0 aliphatic carbocycles. The van der Waals surface area contributed by atoms with E-state index in [1.165, 1.54) is 58.6 Å². The molecule has 0 spiro atoms. The summed E-state index contributed by atoms with van der Waals surface area (Å²) in [4.78, 5) is 7.63. The second-order valence-corrected chi connectivity index (χ2v) is 15.8. The van der Waals surface area contributed by atoms with Crippen molar-refractivity contribution in [3.63, 3.8) is 0 Å². The minimum Gasteiger partial charge on any atom is -0.310 e. The van der Waals surface area contributed by atoms with E-state index < -0.39 is 0 Å². The van der Waals surface area contributed by atoms with Gasteiger partial charge in [-0.2, -0.15) is 0 Å². The van der Waals surface area contributed by atoms with Crippen molar-refractivity contribution in [2.45, 2.75) is 0 Å². The Bertz CT molecular complexity index is 3180. The Kier molecular flexibility index (Phi) is 8.38. The van der Waals surface area contributed by atoms with Crippen LogP contribution in [0.1, 0.15) is 0 Å². The fourth-order valence-electron chi connectivity index (χ4n) is 8.42. The molecule has 2 aromatic heterocycles. The van der Waals surface area contributed by atoms with Gasteiger partial charge >= 0.3 is 0 Å². The van der Waals surface area contributed by atoms with Crippen LogP contribution in [0.15, 0.2) is 218 Å². The normalized spacial score (nSPS) is 11.4. The molecule has 0 bridgehead atoms. The van der Waals surface area contributed by atoms with Crippen LogP contribution in [0.3, 0.4) is 0 Å². The van der Waals surface area contributed by atoms with E-state index >= 15 is 0 Å². The van der Waals surface area contributed by atoms with Crippen LogP contribution in [0.4, 0.5) is 17.1 Å². The molecule has 0 saturated heterocycles. The van der Waals surface area contributed by atoms with E-state index in [4.69, 9.17) is 4.98 Å². The number of pyridine rings is 1. The summed E-state index contributed by atoms with van der Waals surface area (Å²) in [5.41, 5.74) is 13.5. The average molecular weight is 757 g/mol. The van der Waals surface area contributed by atoms with Gasteiger partial charge in [-0.1, -0.05) is 170 Å². The van der Waals surface area contributed by atoms with Crippen LogP contribution < -0.4 is 4.90 Å². The first-order valence-electron chi connectivity index (χ1n) is 19.7. The van der Waals surface area contributed by atoms with Crippen LogP contribution in [0.5, 0.6) is 0 Å². The van der Waals surface area contributed by atoms with Gasteiger partial charge in [-0.3, -0.25) is 0 Å². The number of nitrogens with zero attached hydrogens (tertiary/aromatic N) is 2. The summed E-state index contributed by atoms with van der Waals surface area (Å²) in [6.07, 6.45) is 0. The first kappa shape index (κ1) is 34.0. The predicted molar refractivity (Wildman–Crippen MR) is 249 cm³/mol. The molecule has 0 atom stereocenters. The number of hydrogen-bond donors (Lipinski definition) is 0. The van der Waals surface area contributed by atoms with Gasteiger partial charge in [0.2, 0.25) is 0 Å². The van der Waals surface area contributed by atoms with Crippen molar-refractivity contribution in [2.75, 3.05) is 4.90 Å². The zero-order chi connectivity index (χ0) is 38.4. The molecule has 272 valence electrons. The molecule has 9 aromatic carbocycles. The van der Waals surface area contributed by atoms with Crippen LogP contribution >= 0.6 is 11.3 Å². The lowest BCUT2D eigenvalue weighted by atomic mass is 9.96. The Labute approximate surface area is 341 Å². The smallest absolute Gasteiger partial charge is 0.0788 e. The number of anilines is 3. The lowest BCUT2D eigenvalue weighted by Gasteiger charge is -2.27. The highest BCUT2D eigenvalue weighted by Gasteiger charge is 2.18. The summed E-state index contributed by atoms with van der Waals surface area (Å²) in [6.45, 7) is 0. The third-order valence-corrected chi connectivity index (χ3v) is 12.5. The molecule has 0 fully saturated rings. The van der Waals surface area contributed by atoms with E-state index in [-0.39, 0.29) is 0 Å². The molecule has 0 N–H and O–H groups in total. The van der Waals surface area contributed by atoms with Crippen molar-refractivity contribution in [2.24, 2.45) is 0 Å². The van der Waals surface area contributed by atoms with Gasteiger partial charge in [0.05, 0.1) is 11.2 Å². The van der Waals surface area contributed by atoms with Crippen molar-refractivity contribution < 1.29 is 0 Å². The van der Waals surface area contributed by atoms with Crippen LogP contribution in [-0.4, -0.2) is 4.98 Å². The highest BCUT2D eigenvalue weighted by Crippen LogP contribution is 2.44. The van der Waals surface area contributed by atoms with E-state index in [1.807, 2.05) is 11.3 Å². The third-order valence-electron chi connectivity index (χ3n) is 11.2. The first-order chi connectivity index (χ1) is 28.7. The lowest BCUT2D eigenvalue weighted by molar-refractivity contribution is 1.28. The highest BCUT2D eigenvalue weighted by atomic mass is 32.1. The molecule has 0 radical (unpaired) electrons. The lowest BCUT2D eigenvalue weighted by Crippen LogP contribution is -2.10. The van der Waals surface area contributed by atoms with Gasteiger partial charge in [0, 0.05) is 59.0 Å². The van der Waals surface area contributed by atoms with E-state index in [0.717, 1.165) is 45.0 Å². The van der Waals surface area contributed by atoms with Crippen molar-refractivity contribution in [1.29, 1.82) is 0 Å². The Hall–Kier alpha value is -7.33. The number of thiophene rings is 1. The molecular weight excluding hydrogens is 721 g/mol. The minimum atomic E-state index is 1.01. The molecule has 2 nitrogen and oxygen atoms in total. The fourth-order valence-corrected chi connectivity index (χ4v) is 9.68. The molecule has 3 heteroatoms. The monoisotopic (exact) mass is 756 g/mol. The molecule has 0 unspecified atom stereocenters. The zero-order valence-electron chi connectivity index (χ0n) is 31.6. The highest BCUT2D eigenvalue weighted by molar-refractivity contribution is 7.26. The van der Waals surface area contributed by atoms with Gasteiger partial charge in [-0.25, -0.2) is 4.98 Å². The van der Waals surface area contributed by atoms with Crippen molar-refractivity contribution in [1.82, 2.24) is 4.98 Å². The SMILES string of the molecule is c1ccc(-c2cccc(N(c3ccc(-c4ccc(-c5nc6ccccc6c6c5ccc5c7ccccc7sc56)cc4)cc3)c3cccc(-c4ccccc4)c3)c2)cc1. The van der Waals surface area contributed by atoms with Gasteiger partial charge in [-0.05, 0) is 81.9 Å². The molecule has 0 saturated carbocycles. The van der Waals surface area contributed by atoms with E-state index in [1.54, 1.807) is 0 Å². The Morgan fingerprint density at radius 1 is 0.328 bits per heavy atom. The van der Waals surface area contributed by atoms with Crippen molar-refractivity contribution in [3.8, 4) is 44.6 Å². The molecule has 0 aliphatic rings. The maximum atomic E-state index is 5.28. The van der Waals surface area contributed by atoms with Gasteiger partial charge in [0.25, 0.3) is 0 Å². The Balaban J connectivity index is 0.974. The van der Waals surface area contributed by atoms with Crippen LogP contribution in [0.25, 0.3) is 86.5 Å². The first-order valence-corrected chi connectivity index (χ1v) is 20.5. The van der Waals surface area contributed by atoms with Gasteiger partial charge in [-0.15, -0.1) is 11.3 Å². The quantitative estimate of drug-likeness (QED) is 0.151. The van der Waals surface area contributed by atoms with E-state index in [2.05, 4.69) is 223 Å². The van der Waals surface area contributed by atoms with Crippen molar-refractivity contribution >= 4 is 70.2 Å². The minimum absolute atomic E-state index is 1.01. The second kappa shape index (κ2) is 14.3. The van der Waals surface area contributed by atoms with Gasteiger partial charge < -0.3 is 4.90 Å². The van der Waals surface area contributed by atoms with Crippen LogP contribution in [0.2, 0.25) is 0 Å². The largest absolute Gasteiger partial charge is 0.310 e. The summed E-state index contributed by atoms with van der Waals surface area (Å²) in [6, 6.07) is 78.6. The zero-order valence-corrected chi connectivity index (χ0v) is 32.4. The number of para-hydroxylation sites is 1. The average Bonchev–Trinajstić information content (AvgIpc) is 3.69. The number of fused-ring (bicyclic) bond motifs is 7. The second-order valence-electron chi connectivity index (χ2n) is 14.7. The maximum absolute atomic E-state index is 5.28. The summed E-state index contributed by atoms with van der Waals surface area (Å²) >= 11 is 1.88. The van der Waals surface area contributed by atoms with Crippen LogP contribution in [0, 0.1) is 0 Å². The molecule has 0 aliphatic heterocycles. The standard InChI is InChI=1S/C55H36N2S/c1-3-13-37(14-4-1)42-17-11-19-45(35-42)57(46-20-12-18-43(36-46)38-15-5-2-6-16-38)44-31-29-40(30-32-44)39-25-27-41(28-26-39)54-50-34-33-48-47-21-8-10-24-52(47)58-55(48)53(50)49-22-7-9-23-51(49)56-54/h1-36H. The van der Waals surface area contributed by atoms with Crippen LogP contribution in [-0.2, 0) is 0 Å². The predicted octanol–water partition coefficient (Wildman–Crippen LogP) is 15.9. The molecule has 11 rings (SSSR count). The number of aromatic nitrogens is 1. The molecule has 58 heavy (non-hydrogen) atoms. The number of benzene rings is 9. The summed E-state index contributed by atoms with van der Waals surface area (Å²) in [5, 5.41) is 6.28. The Morgan fingerprint density at radius 3 is 1.48 bits per heavy atom. The molecule has 11 aromatic rings. The molecule has 2 heterocycles. The number of hydrogen-bond acceptors (Lipinski definition) is 3. The van der Waals surface area contributed by atoms with Crippen molar-refractivity contribution in [3.05, 3.63) is 218 Å². The molecular formula is C55H36N2S. The molecule has 0 amide bonds. The fraction of sp³-hybridized carbons (Fsp3) is 0. The third kappa shape index (κ3) is 6.01. The Morgan fingerprint density at radius 2 is 0.828 bits per heavy atom. The summed E-state index contributed by atoms with van der Waals surface area (Å²) in [5.74, 6) is 0. The maximum Gasteiger partial charge on any atom is 0.0788 e. The summed E-state index contributed by atoms with van der Waals surface area (Å²) < 4.78 is 2.63. The van der Waals surface area contributed by atoms with E-state index in [0.29, 0.717) is 0 Å². The topological polar surface area (TPSA) is 16.1 Å². The summed E-state index contributed by atoms with van der Waals surface area (Å²) in [7, 11) is 0. The number of rotatable bonds is 7. The van der Waals surface area contributed by atoms with E-state index in [9.17, 15) is 0 Å².